The summed E-state index contributed by atoms with van der Waals surface area (Å²) in [5.74, 6) is -0.634. The summed E-state index contributed by atoms with van der Waals surface area (Å²) in [6.45, 7) is 2.97. The van der Waals surface area contributed by atoms with Crippen molar-refractivity contribution in [3.63, 3.8) is 0 Å². The van der Waals surface area contributed by atoms with Crippen molar-refractivity contribution in [3.05, 3.63) is 58.0 Å². The molecule has 0 fully saturated rings. The molecule has 0 aliphatic heterocycles. The quantitative estimate of drug-likeness (QED) is 0.622. The van der Waals surface area contributed by atoms with Crippen molar-refractivity contribution < 1.29 is 17.9 Å². The smallest absolute Gasteiger partial charge is 0.327 e. The molecule has 0 spiro atoms. The fourth-order valence-corrected chi connectivity index (χ4v) is 3.87. The first-order valence-corrected chi connectivity index (χ1v) is 10.0. The van der Waals surface area contributed by atoms with Crippen LogP contribution in [-0.4, -0.2) is 27.0 Å². The summed E-state index contributed by atoms with van der Waals surface area (Å²) < 4.78 is 32.9. The van der Waals surface area contributed by atoms with Crippen molar-refractivity contribution in [2.75, 3.05) is 10.8 Å². The van der Waals surface area contributed by atoms with Crippen LogP contribution in [0.25, 0.3) is 0 Å². The zero-order chi connectivity index (χ0) is 18.6. The summed E-state index contributed by atoms with van der Waals surface area (Å²) in [4.78, 5) is 12.1. The minimum atomic E-state index is -3.95. The first-order valence-electron chi connectivity index (χ1n) is 7.43. The van der Waals surface area contributed by atoms with E-state index in [1.807, 2.05) is 0 Å². The summed E-state index contributed by atoms with van der Waals surface area (Å²) in [5.41, 5.74) is 0.327. The molecule has 2 aromatic carbocycles. The molecule has 0 radical (unpaired) electrons. The number of hydrogen-bond donors (Lipinski definition) is 0. The van der Waals surface area contributed by atoms with Crippen LogP contribution in [0.3, 0.4) is 0 Å². The van der Waals surface area contributed by atoms with E-state index in [1.165, 1.54) is 12.1 Å². The molecule has 0 bridgehead atoms. The predicted molar refractivity (Wildman–Crippen MR) is 101 cm³/mol. The van der Waals surface area contributed by atoms with Gasteiger partial charge in [-0.25, -0.2) is 8.42 Å². The standard InChI is InChI=1S/C17H17BrClNO4S/c1-12(2)24-17(21)11-20(15-7-5-14(19)6-8-15)25(22,23)16-9-3-13(18)4-10-16/h3-10,12H,11H2,1-2H3. The summed E-state index contributed by atoms with van der Waals surface area (Å²) in [5, 5.41) is 0.467. The van der Waals surface area contributed by atoms with Crippen molar-refractivity contribution in [2.45, 2.75) is 24.8 Å². The number of carbonyl (C=O) groups is 1. The maximum atomic E-state index is 13.0. The van der Waals surface area contributed by atoms with E-state index in [0.717, 1.165) is 8.78 Å². The van der Waals surface area contributed by atoms with E-state index in [2.05, 4.69) is 15.9 Å². The van der Waals surface area contributed by atoms with Crippen LogP contribution < -0.4 is 4.31 Å². The third kappa shape index (κ3) is 5.20. The average molecular weight is 447 g/mol. The number of nitrogens with zero attached hydrogens (tertiary/aromatic N) is 1. The van der Waals surface area contributed by atoms with Gasteiger partial charge in [0.25, 0.3) is 10.0 Å². The summed E-state index contributed by atoms with van der Waals surface area (Å²) >= 11 is 9.15. The maximum absolute atomic E-state index is 13.0. The second kappa shape index (κ2) is 8.21. The first kappa shape index (κ1) is 19.8. The van der Waals surface area contributed by atoms with E-state index in [0.29, 0.717) is 10.7 Å². The van der Waals surface area contributed by atoms with E-state index in [4.69, 9.17) is 16.3 Å². The largest absolute Gasteiger partial charge is 0.462 e. The highest BCUT2D eigenvalue weighted by Crippen LogP contribution is 2.26. The van der Waals surface area contributed by atoms with E-state index in [1.54, 1.807) is 50.2 Å². The molecular formula is C17H17BrClNO4S. The van der Waals surface area contributed by atoms with Gasteiger partial charge < -0.3 is 4.74 Å². The van der Waals surface area contributed by atoms with Gasteiger partial charge in [-0.3, -0.25) is 9.10 Å². The highest BCUT2D eigenvalue weighted by atomic mass is 79.9. The molecule has 2 rings (SSSR count). The molecular weight excluding hydrogens is 430 g/mol. The minimum absolute atomic E-state index is 0.0722. The number of rotatable bonds is 6. The van der Waals surface area contributed by atoms with Gasteiger partial charge in [0.05, 0.1) is 16.7 Å². The molecule has 0 N–H and O–H groups in total. The van der Waals surface area contributed by atoms with Gasteiger partial charge in [-0.2, -0.15) is 0 Å². The number of hydrogen-bond acceptors (Lipinski definition) is 4. The Morgan fingerprint density at radius 3 is 2.20 bits per heavy atom. The lowest BCUT2D eigenvalue weighted by Crippen LogP contribution is -2.37. The lowest BCUT2D eigenvalue weighted by Gasteiger charge is -2.24. The maximum Gasteiger partial charge on any atom is 0.327 e. The van der Waals surface area contributed by atoms with Gasteiger partial charge in [-0.05, 0) is 62.4 Å². The Kier molecular flexibility index (Phi) is 6.48. The molecule has 0 aliphatic carbocycles. The molecule has 134 valence electrons. The molecule has 0 heterocycles. The Hall–Kier alpha value is -1.57. The summed E-state index contributed by atoms with van der Waals surface area (Å²) in [6, 6.07) is 12.4. The Balaban J connectivity index is 2.44. The van der Waals surface area contributed by atoms with Gasteiger partial charge in [0.2, 0.25) is 0 Å². The minimum Gasteiger partial charge on any atom is -0.462 e. The molecule has 0 atom stereocenters. The van der Waals surface area contributed by atoms with Gasteiger partial charge in [0.1, 0.15) is 6.54 Å². The fraction of sp³-hybridized carbons (Fsp3) is 0.235. The fourth-order valence-electron chi connectivity index (χ4n) is 2.07. The number of sulfonamides is 1. The summed E-state index contributed by atoms with van der Waals surface area (Å²) in [7, 11) is -3.95. The van der Waals surface area contributed by atoms with E-state index in [-0.39, 0.29) is 11.0 Å². The number of esters is 1. The zero-order valence-electron chi connectivity index (χ0n) is 13.6. The third-order valence-electron chi connectivity index (χ3n) is 3.16. The SMILES string of the molecule is CC(C)OC(=O)CN(c1ccc(Cl)cc1)S(=O)(=O)c1ccc(Br)cc1. The number of carbonyl (C=O) groups excluding carboxylic acids is 1. The van der Waals surface area contributed by atoms with Crippen molar-refractivity contribution >= 4 is 49.2 Å². The van der Waals surface area contributed by atoms with E-state index in [9.17, 15) is 13.2 Å². The second-order valence-electron chi connectivity index (χ2n) is 5.48. The molecule has 5 nitrogen and oxygen atoms in total. The van der Waals surface area contributed by atoms with E-state index >= 15 is 0 Å². The Morgan fingerprint density at radius 1 is 1.12 bits per heavy atom. The molecule has 0 amide bonds. The van der Waals surface area contributed by atoms with Crippen LogP contribution in [0.2, 0.25) is 5.02 Å². The molecule has 25 heavy (non-hydrogen) atoms. The highest BCUT2D eigenvalue weighted by Gasteiger charge is 2.28. The van der Waals surface area contributed by atoms with E-state index < -0.39 is 22.5 Å². The van der Waals surface area contributed by atoms with Gasteiger partial charge in [0, 0.05) is 9.50 Å². The number of benzene rings is 2. The number of halogens is 2. The predicted octanol–water partition coefficient (Wildman–Crippen LogP) is 4.25. The van der Waals surface area contributed by atoms with Crippen molar-refractivity contribution in [1.29, 1.82) is 0 Å². The molecule has 0 saturated heterocycles. The van der Waals surface area contributed by atoms with Crippen LogP contribution in [0.15, 0.2) is 57.9 Å². The van der Waals surface area contributed by atoms with Crippen LogP contribution in [0.5, 0.6) is 0 Å². The topological polar surface area (TPSA) is 63.7 Å². The molecule has 0 aromatic heterocycles. The van der Waals surface area contributed by atoms with Crippen LogP contribution in [0.4, 0.5) is 5.69 Å². The Bertz CT molecular complexity index is 836. The van der Waals surface area contributed by atoms with Crippen LogP contribution in [-0.2, 0) is 19.6 Å². The van der Waals surface area contributed by atoms with Gasteiger partial charge in [-0.1, -0.05) is 27.5 Å². The molecule has 2 aromatic rings. The Labute approximate surface area is 160 Å². The van der Waals surface area contributed by atoms with Crippen LogP contribution >= 0.6 is 27.5 Å². The number of ether oxygens (including phenoxy) is 1. The lowest BCUT2D eigenvalue weighted by atomic mass is 10.3. The monoisotopic (exact) mass is 445 g/mol. The zero-order valence-corrected chi connectivity index (χ0v) is 16.8. The van der Waals surface area contributed by atoms with Crippen molar-refractivity contribution in [1.82, 2.24) is 0 Å². The molecule has 8 heteroatoms. The van der Waals surface area contributed by atoms with Gasteiger partial charge in [-0.15, -0.1) is 0 Å². The molecule has 0 aliphatic rings. The summed E-state index contributed by atoms with van der Waals surface area (Å²) in [6.07, 6.45) is -0.338. The van der Waals surface area contributed by atoms with Gasteiger partial charge >= 0.3 is 5.97 Å². The van der Waals surface area contributed by atoms with Crippen LogP contribution in [0, 0.1) is 0 Å². The van der Waals surface area contributed by atoms with Crippen LogP contribution in [0.1, 0.15) is 13.8 Å². The highest BCUT2D eigenvalue weighted by molar-refractivity contribution is 9.10. The third-order valence-corrected chi connectivity index (χ3v) is 5.72. The normalized spacial score (nSPS) is 11.4. The Morgan fingerprint density at radius 2 is 1.68 bits per heavy atom. The van der Waals surface area contributed by atoms with Crippen molar-refractivity contribution in [2.24, 2.45) is 0 Å². The molecule has 0 saturated carbocycles. The average Bonchev–Trinajstić information content (AvgIpc) is 2.53. The first-order chi connectivity index (χ1) is 11.7. The second-order valence-corrected chi connectivity index (χ2v) is 8.70. The lowest BCUT2D eigenvalue weighted by molar-refractivity contribution is -0.145. The van der Waals surface area contributed by atoms with Gasteiger partial charge in [0.15, 0.2) is 0 Å². The molecule has 0 unspecified atom stereocenters. The van der Waals surface area contributed by atoms with Crippen molar-refractivity contribution in [3.8, 4) is 0 Å². The number of anilines is 1.